The van der Waals surface area contributed by atoms with Crippen LogP contribution in [0.3, 0.4) is 0 Å². The van der Waals surface area contributed by atoms with E-state index in [2.05, 4.69) is 38.2 Å². The molecule has 3 aromatic rings. The highest BCUT2D eigenvalue weighted by Crippen LogP contribution is 2.39. The van der Waals surface area contributed by atoms with E-state index >= 15 is 0 Å². The van der Waals surface area contributed by atoms with Gasteiger partial charge in [-0.2, -0.15) is 0 Å². The molecule has 1 fully saturated rings. The molecule has 3 aromatic carbocycles. The fourth-order valence-corrected chi connectivity index (χ4v) is 5.48. The van der Waals surface area contributed by atoms with Gasteiger partial charge in [0.1, 0.15) is 5.37 Å². The first-order chi connectivity index (χ1) is 15.8. The van der Waals surface area contributed by atoms with Crippen LogP contribution in [0.5, 0.6) is 0 Å². The summed E-state index contributed by atoms with van der Waals surface area (Å²) in [6.07, 6.45) is 0. The normalized spacial score (nSPS) is 16.7. The molecule has 2 amide bonds. The summed E-state index contributed by atoms with van der Waals surface area (Å²) < 4.78 is 0. The highest BCUT2D eigenvalue weighted by molar-refractivity contribution is 8.00. The zero-order chi connectivity index (χ0) is 23.5. The Morgan fingerprint density at radius 1 is 1.00 bits per heavy atom. The second kappa shape index (κ2) is 9.84. The zero-order valence-electron chi connectivity index (χ0n) is 19.6. The second-order valence-corrected chi connectivity index (χ2v) is 9.85. The Kier molecular flexibility index (Phi) is 6.89. The third-order valence-electron chi connectivity index (χ3n) is 6.32. The number of thioether (sulfide) groups is 1. The summed E-state index contributed by atoms with van der Waals surface area (Å²) in [7, 11) is 0. The van der Waals surface area contributed by atoms with Crippen LogP contribution in [0.4, 0.5) is 0 Å². The molecule has 0 aliphatic carbocycles. The fraction of sp³-hybridized carbons (Fsp3) is 0.286. The second-order valence-electron chi connectivity index (χ2n) is 8.78. The van der Waals surface area contributed by atoms with Gasteiger partial charge in [-0.25, -0.2) is 0 Å². The molecule has 0 spiro atoms. The molecule has 4 rings (SSSR count). The first-order valence-electron chi connectivity index (χ1n) is 11.3. The summed E-state index contributed by atoms with van der Waals surface area (Å²) >= 11 is 1.63. The van der Waals surface area contributed by atoms with Gasteiger partial charge in [0, 0.05) is 12.1 Å². The van der Waals surface area contributed by atoms with Crippen LogP contribution in [-0.2, 0) is 11.3 Å². The van der Waals surface area contributed by atoms with Crippen LogP contribution in [0, 0.1) is 20.8 Å². The van der Waals surface area contributed by atoms with Crippen LogP contribution in [0.2, 0.25) is 0 Å². The van der Waals surface area contributed by atoms with Crippen LogP contribution in [0.1, 0.15) is 62.1 Å². The van der Waals surface area contributed by atoms with Crippen molar-refractivity contribution in [1.82, 2.24) is 10.2 Å². The number of benzene rings is 3. The Bertz CT molecular complexity index is 1160. The van der Waals surface area contributed by atoms with Gasteiger partial charge in [0.25, 0.3) is 5.91 Å². The van der Waals surface area contributed by atoms with Crippen molar-refractivity contribution in [2.75, 3.05) is 5.75 Å². The summed E-state index contributed by atoms with van der Waals surface area (Å²) in [5.41, 5.74) is 7.58. The maximum Gasteiger partial charge on any atom is 0.251 e. The quantitative estimate of drug-likeness (QED) is 0.502. The minimum Gasteiger partial charge on any atom is -0.346 e. The Hall–Kier alpha value is -3.05. The van der Waals surface area contributed by atoms with Crippen LogP contribution in [0.25, 0.3) is 0 Å². The lowest BCUT2D eigenvalue weighted by atomic mass is 9.96. The van der Waals surface area contributed by atoms with E-state index in [1.165, 1.54) is 16.7 Å². The largest absolute Gasteiger partial charge is 0.346 e. The van der Waals surface area contributed by atoms with Gasteiger partial charge in [0.2, 0.25) is 5.91 Å². The predicted octanol–water partition coefficient (Wildman–Crippen LogP) is 5.88. The minimum absolute atomic E-state index is 0.0353. The molecule has 0 aromatic heterocycles. The Balaban J connectivity index is 1.46. The third kappa shape index (κ3) is 5.14. The zero-order valence-corrected chi connectivity index (χ0v) is 20.4. The SMILES string of the molecule is Cc1cc(C)c(C(C)NC(=O)c2ccc(C3SCC(=O)N3Cc3ccccc3)cc2)cc1C. The van der Waals surface area contributed by atoms with Crippen molar-refractivity contribution in [2.24, 2.45) is 0 Å². The minimum atomic E-state index is -0.0945. The van der Waals surface area contributed by atoms with Gasteiger partial charge in [0.05, 0.1) is 11.8 Å². The standard InChI is InChI=1S/C28H30N2O2S/c1-18-14-20(3)25(15-19(18)2)21(4)29-27(32)23-10-12-24(13-11-23)28-30(26(31)17-33-28)16-22-8-6-5-7-9-22/h5-15,21,28H,16-17H2,1-4H3,(H,29,32). The summed E-state index contributed by atoms with van der Waals surface area (Å²) in [4.78, 5) is 27.3. The van der Waals surface area contributed by atoms with Crippen molar-refractivity contribution in [1.29, 1.82) is 0 Å². The molecule has 2 atom stereocenters. The van der Waals surface area contributed by atoms with E-state index in [0.717, 1.165) is 16.7 Å². The highest BCUT2D eigenvalue weighted by Gasteiger charge is 2.32. The third-order valence-corrected chi connectivity index (χ3v) is 7.57. The molecule has 1 saturated heterocycles. The van der Waals surface area contributed by atoms with E-state index in [9.17, 15) is 9.59 Å². The van der Waals surface area contributed by atoms with Crippen LogP contribution in [0.15, 0.2) is 66.7 Å². The molecule has 1 heterocycles. The summed E-state index contributed by atoms with van der Waals surface area (Å²) in [6, 6.07) is 21.9. The summed E-state index contributed by atoms with van der Waals surface area (Å²) in [5.74, 6) is 0.531. The van der Waals surface area contributed by atoms with Gasteiger partial charge in [-0.1, -0.05) is 54.6 Å². The lowest BCUT2D eigenvalue weighted by molar-refractivity contribution is -0.128. The van der Waals surface area contributed by atoms with Crippen molar-refractivity contribution < 1.29 is 9.59 Å². The topological polar surface area (TPSA) is 49.4 Å². The number of nitrogens with one attached hydrogen (secondary N) is 1. The highest BCUT2D eigenvalue weighted by atomic mass is 32.2. The molecular formula is C28H30N2O2S. The molecule has 1 N–H and O–H groups in total. The summed E-state index contributed by atoms with van der Waals surface area (Å²) in [6.45, 7) is 8.89. The molecule has 170 valence electrons. The average Bonchev–Trinajstić information content (AvgIpc) is 3.17. The van der Waals surface area contributed by atoms with Crippen molar-refractivity contribution >= 4 is 23.6 Å². The van der Waals surface area contributed by atoms with Gasteiger partial charge in [-0.3, -0.25) is 9.59 Å². The predicted molar refractivity (Wildman–Crippen MR) is 135 cm³/mol. The molecule has 33 heavy (non-hydrogen) atoms. The number of rotatable bonds is 6. The van der Waals surface area contributed by atoms with E-state index in [1.54, 1.807) is 11.8 Å². The van der Waals surface area contributed by atoms with Crippen LogP contribution < -0.4 is 5.32 Å². The Labute approximate surface area is 200 Å². The van der Waals surface area contributed by atoms with Crippen molar-refractivity contribution in [3.8, 4) is 0 Å². The number of hydrogen-bond acceptors (Lipinski definition) is 3. The maximum absolute atomic E-state index is 12.9. The monoisotopic (exact) mass is 458 g/mol. The smallest absolute Gasteiger partial charge is 0.251 e. The number of carbonyl (C=O) groups is 2. The lowest BCUT2D eigenvalue weighted by Crippen LogP contribution is -2.28. The number of carbonyl (C=O) groups excluding carboxylic acids is 2. The molecule has 0 saturated carbocycles. The van der Waals surface area contributed by atoms with Crippen LogP contribution in [-0.4, -0.2) is 22.5 Å². The van der Waals surface area contributed by atoms with Gasteiger partial charge < -0.3 is 10.2 Å². The van der Waals surface area contributed by atoms with Gasteiger partial charge >= 0.3 is 0 Å². The molecule has 5 heteroatoms. The first-order valence-corrected chi connectivity index (χ1v) is 12.3. The van der Waals surface area contributed by atoms with Gasteiger partial charge in [-0.05, 0) is 73.2 Å². The molecule has 2 unspecified atom stereocenters. The molecule has 0 bridgehead atoms. The number of aryl methyl sites for hydroxylation is 3. The first kappa shape index (κ1) is 23.1. The van der Waals surface area contributed by atoms with E-state index in [0.29, 0.717) is 17.9 Å². The molecule has 1 aliphatic heterocycles. The fourth-order valence-electron chi connectivity index (χ4n) is 4.29. The Morgan fingerprint density at radius 3 is 2.36 bits per heavy atom. The van der Waals surface area contributed by atoms with E-state index in [4.69, 9.17) is 0 Å². The number of nitrogens with zero attached hydrogens (tertiary/aromatic N) is 1. The summed E-state index contributed by atoms with van der Waals surface area (Å²) in [5, 5.41) is 3.09. The van der Waals surface area contributed by atoms with E-state index < -0.39 is 0 Å². The Morgan fingerprint density at radius 2 is 1.67 bits per heavy atom. The molecule has 1 aliphatic rings. The van der Waals surface area contributed by atoms with Crippen molar-refractivity contribution in [2.45, 2.75) is 45.7 Å². The molecule has 4 nitrogen and oxygen atoms in total. The van der Waals surface area contributed by atoms with Gasteiger partial charge in [0.15, 0.2) is 0 Å². The number of amides is 2. The lowest BCUT2D eigenvalue weighted by Gasteiger charge is -2.24. The van der Waals surface area contributed by atoms with Gasteiger partial charge in [-0.15, -0.1) is 11.8 Å². The average molecular weight is 459 g/mol. The number of hydrogen-bond donors (Lipinski definition) is 1. The van der Waals surface area contributed by atoms with Crippen LogP contribution >= 0.6 is 11.8 Å². The maximum atomic E-state index is 12.9. The van der Waals surface area contributed by atoms with E-state index in [1.807, 2.05) is 66.4 Å². The van der Waals surface area contributed by atoms with E-state index in [-0.39, 0.29) is 23.2 Å². The molecule has 0 radical (unpaired) electrons. The van der Waals surface area contributed by atoms with Crippen molar-refractivity contribution in [3.63, 3.8) is 0 Å². The molecular weight excluding hydrogens is 428 g/mol. The van der Waals surface area contributed by atoms with Crippen molar-refractivity contribution in [3.05, 3.63) is 106 Å².